The van der Waals surface area contributed by atoms with Gasteiger partial charge in [-0.15, -0.1) is 0 Å². The third kappa shape index (κ3) is 3.58. The van der Waals surface area contributed by atoms with Crippen molar-refractivity contribution in [1.82, 2.24) is 9.97 Å². The monoisotopic (exact) mass is 235 g/mol. The molecule has 1 heterocycles. The van der Waals surface area contributed by atoms with Crippen LogP contribution in [0.4, 0.5) is 5.82 Å². The highest BCUT2D eigenvalue weighted by Crippen LogP contribution is 2.36. The summed E-state index contributed by atoms with van der Waals surface area (Å²) in [5.41, 5.74) is 0. The van der Waals surface area contributed by atoms with Gasteiger partial charge < -0.3 is 10.1 Å². The van der Waals surface area contributed by atoms with E-state index in [1.165, 1.54) is 12.8 Å². The number of hydrogen-bond donors (Lipinski definition) is 1. The molecule has 1 aliphatic rings. The van der Waals surface area contributed by atoms with E-state index in [-0.39, 0.29) is 0 Å². The smallest absolute Gasteiger partial charge is 0.218 e. The Morgan fingerprint density at radius 3 is 2.88 bits per heavy atom. The summed E-state index contributed by atoms with van der Waals surface area (Å²) in [5, 5.41) is 3.37. The van der Waals surface area contributed by atoms with Gasteiger partial charge in [0.25, 0.3) is 0 Å². The first-order valence-electron chi connectivity index (χ1n) is 6.41. The lowest BCUT2D eigenvalue weighted by Gasteiger charge is -2.13. The molecule has 1 aliphatic carbocycles. The Morgan fingerprint density at radius 1 is 1.47 bits per heavy atom. The highest BCUT2D eigenvalue weighted by molar-refractivity contribution is 5.38. The molecule has 0 radical (unpaired) electrons. The predicted molar refractivity (Wildman–Crippen MR) is 68.3 cm³/mol. The zero-order valence-corrected chi connectivity index (χ0v) is 10.9. The maximum atomic E-state index is 5.40. The van der Waals surface area contributed by atoms with Gasteiger partial charge in [-0.3, -0.25) is 0 Å². The van der Waals surface area contributed by atoms with Crippen LogP contribution < -0.4 is 10.1 Å². The Hall–Kier alpha value is -1.32. The lowest BCUT2D eigenvalue weighted by Crippen LogP contribution is -2.14. The van der Waals surface area contributed by atoms with Gasteiger partial charge in [-0.25, -0.2) is 4.98 Å². The zero-order valence-electron chi connectivity index (χ0n) is 10.9. The van der Waals surface area contributed by atoms with Gasteiger partial charge in [-0.05, 0) is 38.5 Å². The Balaban J connectivity index is 1.94. The lowest BCUT2D eigenvalue weighted by atomic mass is 10.1. The summed E-state index contributed by atoms with van der Waals surface area (Å²) in [6.07, 6.45) is 2.77. The van der Waals surface area contributed by atoms with Crippen LogP contribution in [0, 0.1) is 18.8 Å². The minimum atomic E-state index is 0.633. The number of aryl methyl sites for hydroxylation is 1. The Kier molecular flexibility index (Phi) is 3.82. The molecular weight excluding hydrogens is 214 g/mol. The molecule has 0 aliphatic heterocycles. The van der Waals surface area contributed by atoms with Crippen molar-refractivity contribution in [3.63, 3.8) is 0 Å². The number of nitrogens with zero attached hydrogens (tertiary/aromatic N) is 2. The first-order chi connectivity index (χ1) is 8.19. The number of hydrogen-bond acceptors (Lipinski definition) is 4. The lowest BCUT2D eigenvalue weighted by molar-refractivity contribution is 0.325. The van der Waals surface area contributed by atoms with Crippen molar-refractivity contribution < 1.29 is 4.74 Å². The molecule has 0 spiro atoms. The third-order valence-electron chi connectivity index (χ3n) is 3.14. The van der Waals surface area contributed by atoms with Crippen molar-refractivity contribution in [3.05, 3.63) is 11.9 Å². The number of ether oxygens (including phenoxy) is 1. The van der Waals surface area contributed by atoms with Crippen molar-refractivity contribution in [2.45, 2.75) is 33.6 Å². The van der Waals surface area contributed by atoms with Gasteiger partial charge in [-0.1, -0.05) is 6.92 Å². The van der Waals surface area contributed by atoms with E-state index < -0.39 is 0 Å². The standard InChI is InChI=1S/C13H21N3O/c1-4-17-13-7-12(15-10(3)16-13)14-8-9(2)11-5-6-11/h7,9,11H,4-6,8H2,1-3H3,(H,14,15,16). The van der Waals surface area contributed by atoms with Crippen molar-refractivity contribution in [2.24, 2.45) is 11.8 Å². The molecule has 1 aromatic rings. The molecule has 1 N–H and O–H groups in total. The molecule has 17 heavy (non-hydrogen) atoms. The van der Waals surface area contributed by atoms with E-state index in [0.29, 0.717) is 12.5 Å². The van der Waals surface area contributed by atoms with Gasteiger partial charge in [0.1, 0.15) is 11.6 Å². The molecule has 2 rings (SSSR count). The van der Waals surface area contributed by atoms with E-state index >= 15 is 0 Å². The van der Waals surface area contributed by atoms with Crippen molar-refractivity contribution in [2.75, 3.05) is 18.5 Å². The van der Waals surface area contributed by atoms with Crippen molar-refractivity contribution in [1.29, 1.82) is 0 Å². The van der Waals surface area contributed by atoms with E-state index in [4.69, 9.17) is 4.74 Å². The Labute approximate surface area is 103 Å². The van der Waals surface area contributed by atoms with Crippen LogP contribution in [0.2, 0.25) is 0 Å². The number of rotatable bonds is 6. The average Bonchev–Trinajstić information content (AvgIpc) is 3.09. The van der Waals surface area contributed by atoms with Crippen molar-refractivity contribution in [3.8, 4) is 5.88 Å². The molecule has 0 aromatic carbocycles. The van der Waals surface area contributed by atoms with Crippen LogP contribution in [0.5, 0.6) is 5.88 Å². The molecule has 1 unspecified atom stereocenters. The number of nitrogens with one attached hydrogen (secondary N) is 1. The summed E-state index contributed by atoms with van der Waals surface area (Å²) in [6, 6.07) is 1.87. The fourth-order valence-corrected chi connectivity index (χ4v) is 1.95. The van der Waals surface area contributed by atoms with Gasteiger partial charge in [0.05, 0.1) is 6.61 Å². The largest absolute Gasteiger partial charge is 0.478 e. The molecule has 1 atom stereocenters. The Morgan fingerprint density at radius 2 is 2.24 bits per heavy atom. The van der Waals surface area contributed by atoms with Gasteiger partial charge in [0, 0.05) is 12.6 Å². The quantitative estimate of drug-likeness (QED) is 0.823. The van der Waals surface area contributed by atoms with Crippen LogP contribution >= 0.6 is 0 Å². The summed E-state index contributed by atoms with van der Waals surface area (Å²) in [7, 11) is 0. The second-order valence-corrected chi connectivity index (χ2v) is 4.77. The molecule has 1 saturated carbocycles. The second kappa shape index (κ2) is 5.34. The maximum absolute atomic E-state index is 5.40. The van der Waals surface area contributed by atoms with Crippen LogP contribution in [-0.2, 0) is 0 Å². The SMILES string of the molecule is CCOc1cc(NCC(C)C2CC2)nc(C)n1. The van der Waals surface area contributed by atoms with E-state index in [1.54, 1.807) is 0 Å². The van der Waals surface area contributed by atoms with Gasteiger partial charge in [-0.2, -0.15) is 4.98 Å². The molecule has 1 aromatic heterocycles. The fraction of sp³-hybridized carbons (Fsp3) is 0.692. The first kappa shape index (κ1) is 12.1. The minimum Gasteiger partial charge on any atom is -0.478 e. The van der Waals surface area contributed by atoms with Crippen LogP contribution in [0.3, 0.4) is 0 Å². The third-order valence-corrected chi connectivity index (χ3v) is 3.14. The molecule has 94 valence electrons. The highest BCUT2D eigenvalue weighted by atomic mass is 16.5. The fourth-order valence-electron chi connectivity index (χ4n) is 1.95. The molecule has 0 bridgehead atoms. The summed E-state index contributed by atoms with van der Waals surface area (Å²) in [5.74, 6) is 3.91. The van der Waals surface area contributed by atoms with Crippen LogP contribution in [-0.4, -0.2) is 23.1 Å². The molecule has 0 saturated heterocycles. The summed E-state index contributed by atoms with van der Waals surface area (Å²) in [6.45, 7) is 7.75. The van der Waals surface area contributed by atoms with Gasteiger partial charge in [0.2, 0.25) is 5.88 Å². The molecular formula is C13H21N3O. The molecule has 0 amide bonds. The maximum Gasteiger partial charge on any atom is 0.218 e. The first-order valence-corrected chi connectivity index (χ1v) is 6.41. The number of anilines is 1. The highest BCUT2D eigenvalue weighted by Gasteiger charge is 2.27. The number of aromatic nitrogens is 2. The van der Waals surface area contributed by atoms with Crippen LogP contribution in [0.1, 0.15) is 32.5 Å². The average molecular weight is 235 g/mol. The van der Waals surface area contributed by atoms with E-state index in [0.717, 1.165) is 30.0 Å². The second-order valence-electron chi connectivity index (χ2n) is 4.77. The van der Waals surface area contributed by atoms with Gasteiger partial charge in [0.15, 0.2) is 0 Å². The summed E-state index contributed by atoms with van der Waals surface area (Å²) < 4.78 is 5.40. The van der Waals surface area contributed by atoms with E-state index in [2.05, 4.69) is 22.2 Å². The predicted octanol–water partition coefficient (Wildman–Crippen LogP) is 2.64. The normalized spacial score (nSPS) is 16.6. The van der Waals surface area contributed by atoms with Crippen molar-refractivity contribution >= 4 is 5.82 Å². The molecule has 4 heteroatoms. The summed E-state index contributed by atoms with van der Waals surface area (Å²) >= 11 is 0. The topological polar surface area (TPSA) is 47.0 Å². The summed E-state index contributed by atoms with van der Waals surface area (Å²) in [4.78, 5) is 8.59. The van der Waals surface area contributed by atoms with E-state index in [1.807, 2.05) is 19.9 Å². The van der Waals surface area contributed by atoms with Crippen LogP contribution in [0.25, 0.3) is 0 Å². The zero-order chi connectivity index (χ0) is 12.3. The minimum absolute atomic E-state index is 0.633. The Bertz CT molecular complexity index is 377. The van der Waals surface area contributed by atoms with E-state index in [9.17, 15) is 0 Å². The van der Waals surface area contributed by atoms with Crippen LogP contribution in [0.15, 0.2) is 6.07 Å². The van der Waals surface area contributed by atoms with Gasteiger partial charge >= 0.3 is 0 Å². The molecule has 1 fully saturated rings. The molecule has 4 nitrogen and oxygen atoms in total.